The molecule has 11 heavy (non-hydrogen) atoms. The molecule has 0 unspecified atom stereocenters. The van der Waals surface area contributed by atoms with Gasteiger partial charge in [-0.15, -0.1) is 12.3 Å². The highest BCUT2D eigenvalue weighted by atomic mass is 15.0. The van der Waals surface area contributed by atoms with E-state index in [1.807, 2.05) is 0 Å². The molecular weight excluding hydrogens is 138 g/mol. The molecule has 0 fully saturated rings. The average molecular weight is 147 g/mol. The van der Waals surface area contributed by atoms with Crippen molar-refractivity contribution < 1.29 is 0 Å². The van der Waals surface area contributed by atoms with Gasteiger partial charge in [0, 0.05) is 19.2 Å². The van der Waals surface area contributed by atoms with E-state index in [1.54, 1.807) is 12.3 Å². The fraction of sp³-hybridized carbons (Fsp3) is 0.250. The lowest BCUT2D eigenvalue weighted by Gasteiger charge is -1.99. The molecule has 0 atom stereocenters. The zero-order chi connectivity index (χ0) is 7.94. The summed E-state index contributed by atoms with van der Waals surface area (Å²) in [5, 5.41) is 3.05. The Morgan fingerprint density at radius 2 is 2.55 bits per heavy atom. The van der Waals surface area contributed by atoms with Crippen LogP contribution < -0.4 is 5.32 Å². The van der Waals surface area contributed by atoms with Crippen molar-refractivity contribution in [1.29, 1.82) is 0 Å². The Hall–Kier alpha value is -1.56. The first-order valence-electron chi connectivity index (χ1n) is 3.37. The van der Waals surface area contributed by atoms with Crippen LogP contribution in [-0.2, 0) is 0 Å². The fourth-order valence-electron chi connectivity index (χ4n) is 0.658. The van der Waals surface area contributed by atoms with Crippen LogP contribution >= 0.6 is 0 Å². The highest BCUT2D eigenvalue weighted by molar-refractivity contribution is 5.31. The van der Waals surface area contributed by atoms with Gasteiger partial charge >= 0.3 is 0 Å². The Labute approximate surface area is 65.9 Å². The van der Waals surface area contributed by atoms with Crippen LogP contribution in [-0.4, -0.2) is 16.5 Å². The Morgan fingerprint density at radius 1 is 1.64 bits per heavy atom. The third-order valence-electron chi connectivity index (χ3n) is 1.16. The normalized spacial score (nSPS) is 8.64. The zero-order valence-corrected chi connectivity index (χ0v) is 6.12. The molecule has 3 heteroatoms. The highest BCUT2D eigenvalue weighted by Gasteiger charge is 1.87. The van der Waals surface area contributed by atoms with Gasteiger partial charge in [-0.05, 0) is 6.07 Å². The second kappa shape index (κ2) is 4.29. The summed E-state index contributed by atoms with van der Waals surface area (Å²) in [6.07, 6.45) is 8.97. The Kier molecular flexibility index (Phi) is 2.94. The van der Waals surface area contributed by atoms with Crippen LogP contribution in [0.5, 0.6) is 0 Å². The molecule has 0 spiro atoms. The predicted octanol–water partition coefficient (Wildman–Crippen LogP) is 0.912. The number of rotatable bonds is 3. The summed E-state index contributed by atoms with van der Waals surface area (Å²) in [4.78, 5) is 7.74. The lowest BCUT2D eigenvalue weighted by molar-refractivity contribution is 1.06. The van der Waals surface area contributed by atoms with E-state index in [9.17, 15) is 0 Å². The largest absolute Gasteiger partial charge is 0.369 e. The maximum Gasteiger partial charge on any atom is 0.129 e. The van der Waals surface area contributed by atoms with Gasteiger partial charge in [-0.3, -0.25) is 0 Å². The summed E-state index contributed by atoms with van der Waals surface area (Å²) in [6, 6.07) is 1.80. The van der Waals surface area contributed by atoms with E-state index in [-0.39, 0.29) is 0 Å². The van der Waals surface area contributed by atoms with Crippen LogP contribution in [0.25, 0.3) is 0 Å². The van der Waals surface area contributed by atoms with E-state index >= 15 is 0 Å². The second-order valence-corrected chi connectivity index (χ2v) is 1.98. The molecule has 0 saturated carbocycles. The second-order valence-electron chi connectivity index (χ2n) is 1.98. The van der Waals surface area contributed by atoms with Gasteiger partial charge in [-0.2, -0.15) is 0 Å². The minimum absolute atomic E-state index is 0.712. The van der Waals surface area contributed by atoms with Gasteiger partial charge in [0.25, 0.3) is 0 Å². The number of nitrogens with one attached hydrogen (secondary N) is 1. The maximum atomic E-state index is 5.07. The molecule has 3 nitrogen and oxygen atoms in total. The molecule has 0 amide bonds. The smallest absolute Gasteiger partial charge is 0.129 e. The standard InChI is InChI=1S/C8H9N3/c1-2-3-5-10-8-4-6-9-7-11-8/h1,4,6-7H,3,5H2,(H,9,10,11). The van der Waals surface area contributed by atoms with Crippen LogP contribution in [0, 0.1) is 12.3 Å². The molecule has 1 aromatic rings. The predicted molar refractivity (Wildman–Crippen MR) is 44.0 cm³/mol. The highest BCUT2D eigenvalue weighted by Crippen LogP contribution is 1.96. The van der Waals surface area contributed by atoms with Gasteiger partial charge in [-0.25, -0.2) is 9.97 Å². The molecular formula is C8H9N3. The topological polar surface area (TPSA) is 37.8 Å². The van der Waals surface area contributed by atoms with Crippen LogP contribution in [0.15, 0.2) is 18.6 Å². The summed E-state index contributed by atoms with van der Waals surface area (Å²) in [5.74, 6) is 3.35. The molecule has 1 aromatic heterocycles. The van der Waals surface area contributed by atoms with Gasteiger partial charge < -0.3 is 5.32 Å². The third-order valence-corrected chi connectivity index (χ3v) is 1.16. The van der Waals surface area contributed by atoms with E-state index in [4.69, 9.17) is 6.42 Å². The Bertz CT molecular complexity index is 237. The van der Waals surface area contributed by atoms with Crippen molar-refractivity contribution in [3.05, 3.63) is 18.6 Å². The van der Waals surface area contributed by atoms with E-state index in [0.717, 1.165) is 12.4 Å². The van der Waals surface area contributed by atoms with Crippen LogP contribution in [0.1, 0.15) is 6.42 Å². The van der Waals surface area contributed by atoms with Crippen molar-refractivity contribution >= 4 is 5.82 Å². The summed E-state index contributed by atoms with van der Waals surface area (Å²) in [7, 11) is 0. The minimum atomic E-state index is 0.712. The SMILES string of the molecule is C#CCCNc1ccncn1. The maximum absolute atomic E-state index is 5.07. The van der Waals surface area contributed by atoms with Crippen molar-refractivity contribution in [1.82, 2.24) is 9.97 Å². The Morgan fingerprint density at radius 3 is 3.18 bits per heavy atom. The molecule has 1 heterocycles. The number of hydrogen-bond donors (Lipinski definition) is 1. The molecule has 0 aliphatic rings. The van der Waals surface area contributed by atoms with Crippen molar-refractivity contribution in [2.24, 2.45) is 0 Å². The number of aromatic nitrogens is 2. The van der Waals surface area contributed by atoms with Gasteiger partial charge in [0.15, 0.2) is 0 Å². The fourth-order valence-corrected chi connectivity index (χ4v) is 0.658. The number of anilines is 1. The van der Waals surface area contributed by atoms with E-state index in [1.165, 1.54) is 6.33 Å². The van der Waals surface area contributed by atoms with Gasteiger partial charge in [0.1, 0.15) is 12.1 Å². The van der Waals surface area contributed by atoms with Crippen LogP contribution in [0.3, 0.4) is 0 Å². The van der Waals surface area contributed by atoms with Crippen LogP contribution in [0.4, 0.5) is 5.82 Å². The van der Waals surface area contributed by atoms with Gasteiger partial charge in [0.2, 0.25) is 0 Å². The number of hydrogen-bond acceptors (Lipinski definition) is 3. The summed E-state index contributed by atoms with van der Waals surface area (Å²) >= 11 is 0. The van der Waals surface area contributed by atoms with Crippen molar-refractivity contribution in [3.63, 3.8) is 0 Å². The number of nitrogens with zero attached hydrogens (tertiary/aromatic N) is 2. The molecule has 1 N–H and O–H groups in total. The summed E-state index contributed by atoms with van der Waals surface area (Å²) in [6.45, 7) is 0.757. The first-order chi connectivity index (χ1) is 5.43. The molecule has 0 aliphatic heterocycles. The molecule has 1 rings (SSSR count). The van der Waals surface area contributed by atoms with E-state index in [0.29, 0.717) is 6.42 Å². The monoisotopic (exact) mass is 147 g/mol. The quantitative estimate of drug-likeness (QED) is 0.510. The van der Waals surface area contributed by atoms with Crippen molar-refractivity contribution in [2.45, 2.75) is 6.42 Å². The third kappa shape index (κ3) is 2.67. The average Bonchev–Trinajstić information content (AvgIpc) is 2.07. The van der Waals surface area contributed by atoms with Gasteiger partial charge in [-0.1, -0.05) is 0 Å². The lowest BCUT2D eigenvalue weighted by Crippen LogP contribution is -2.01. The molecule has 0 saturated heterocycles. The minimum Gasteiger partial charge on any atom is -0.369 e. The number of terminal acetylenes is 1. The molecule has 0 bridgehead atoms. The molecule has 0 aliphatic carbocycles. The Balaban J connectivity index is 2.35. The van der Waals surface area contributed by atoms with E-state index in [2.05, 4.69) is 21.2 Å². The first kappa shape index (κ1) is 7.55. The molecule has 56 valence electrons. The van der Waals surface area contributed by atoms with E-state index < -0.39 is 0 Å². The zero-order valence-electron chi connectivity index (χ0n) is 6.12. The van der Waals surface area contributed by atoms with Crippen LogP contribution in [0.2, 0.25) is 0 Å². The lowest BCUT2D eigenvalue weighted by atomic mass is 10.4. The van der Waals surface area contributed by atoms with Crippen molar-refractivity contribution in [2.75, 3.05) is 11.9 Å². The van der Waals surface area contributed by atoms with Crippen molar-refractivity contribution in [3.8, 4) is 12.3 Å². The summed E-state index contributed by atoms with van der Waals surface area (Å²) < 4.78 is 0. The first-order valence-corrected chi connectivity index (χ1v) is 3.37. The van der Waals surface area contributed by atoms with Gasteiger partial charge in [0.05, 0.1) is 0 Å². The molecule has 0 radical (unpaired) electrons. The molecule has 0 aromatic carbocycles. The summed E-state index contributed by atoms with van der Waals surface area (Å²) in [5.41, 5.74) is 0.